The van der Waals surface area contributed by atoms with E-state index in [1.165, 1.54) is 24.4 Å². The summed E-state index contributed by atoms with van der Waals surface area (Å²) < 4.78 is 0. The summed E-state index contributed by atoms with van der Waals surface area (Å²) in [4.78, 5) is 15.1. The number of benzene rings is 2. The van der Waals surface area contributed by atoms with E-state index in [1.54, 1.807) is 24.3 Å². The number of carbonyl (C=O) groups is 1. The smallest absolute Gasteiger partial charge is 0.337 e. The van der Waals surface area contributed by atoms with E-state index in [0.717, 1.165) is 0 Å². The molecule has 2 aromatic carbocycles. The molecule has 0 saturated carbocycles. The van der Waals surface area contributed by atoms with E-state index in [0.29, 0.717) is 10.6 Å². The number of aromatic hydroxyl groups is 1. The van der Waals surface area contributed by atoms with Gasteiger partial charge in [-0.1, -0.05) is 23.7 Å². The fraction of sp³-hybridized carbons (Fsp3) is 0. The fourth-order valence-corrected chi connectivity index (χ4v) is 1.70. The third kappa shape index (κ3) is 3.11. The molecule has 0 fully saturated rings. The number of carboxylic acids is 1. The van der Waals surface area contributed by atoms with Crippen molar-refractivity contribution in [2.45, 2.75) is 0 Å². The van der Waals surface area contributed by atoms with E-state index in [9.17, 15) is 9.90 Å². The molecule has 2 rings (SSSR count). The fourth-order valence-electron chi connectivity index (χ4n) is 1.53. The molecule has 4 nitrogen and oxygen atoms in total. The molecule has 5 heteroatoms. The van der Waals surface area contributed by atoms with E-state index in [1.807, 2.05) is 0 Å². The van der Waals surface area contributed by atoms with E-state index >= 15 is 0 Å². The van der Waals surface area contributed by atoms with E-state index < -0.39 is 5.97 Å². The highest BCUT2D eigenvalue weighted by atomic mass is 35.5. The van der Waals surface area contributed by atoms with Crippen LogP contribution >= 0.6 is 11.6 Å². The Labute approximate surface area is 114 Å². The highest BCUT2D eigenvalue weighted by molar-refractivity contribution is 6.31. The highest BCUT2D eigenvalue weighted by Crippen LogP contribution is 2.24. The van der Waals surface area contributed by atoms with Gasteiger partial charge >= 0.3 is 5.97 Å². The predicted octanol–water partition coefficient (Wildman–Crippen LogP) is 3.49. The molecule has 0 bridgehead atoms. The molecular formula is C14H10ClNO3. The van der Waals surface area contributed by atoms with E-state index in [4.69, 9.17) is 16.7 Å². The van der Waals surface area contributed by atoms with Crippen molar-refractivity contribution in [2.24, 2.45) is 4.99 Å². The van der Waals surface area contributed by atoms with Gasteiger partial charge in [0.1, 0.15) is 5.75 Å². The summed E-state index contributed by atoms with van der Waals surface area (Å²) >= 11 is 5.75. The number of phenols is 1. The quantitative estimate of drug-likeness (QED) is 0.842. The zero-order valence-electron chi connectivity index (χ0n) is 9.75. The normalized spacial score (nSPS) is 10.8. The zero-order valence-corrected chi connectivity index (χ0v) is 10.5. The van der Waals surface area contributed by atoms with Crippen LogP contribution in [0.2, 0.25) is 5.02 Å². The van der Waals surface area contributed by atoms with Gasteiger partial charge in [-0.25, -0.2) is 4.79 Å². The SMILES string of the molecule is O=C(O)c1cc(Cl)ccc1N=Cc1ccccc1O. The van der Waals surface area contributed by atoms with Gasteiger partial charge in [0.05, 0.1) is 11.3 Å². The van der Waals surface area contributed by atoms with Gasteiger partial charge in [-0.3, -0.25) is 4.99 Å². The van der Waals surface area contributed by atoms with Gasteiger partial charge in [-0.2, -0.15) is 0 Å². The first-order valence-corrected chi connectivity index (χ1v) is 5.80. The van der Waals surface area contributed by atoms with Gasteiger partial charge in [0, 0.05) is 16.8 Å². The largest absolute Gasteiger partial charge is 0.507 e. The molecule has 0 unspecified atom stereocenters. The van der Waals surface area contributed by atoms with Crippen LogP contribution in [0.1, 0.15) is 15.9 Å². The van der Waals surface area contributed by atoms with Crippen LogP contribution in [-0.2, 0) is 0 Å². The molecule has 0 amide bonds. The molecule has 2 N–H and O–H groups in total. The summed E-state index contributed by atoms with van der Waals surface area (Å²) in [5.41, 5.74) is 0.799. The third-order valence-corrected chi connectivity index (χ3v) is 2.70. The van der Waals surface area contributed by atoms with Gasteiger partial charge in [-0.15, -0.1) is 0 Å². The number of phenolic OH excluding ortho intramolecular Hbond substituents is 1. The van der Waals surface area contributed by atoms with Crippen molar-refractivity contribution in [3.8, 4) is 5.75 Å². The monoisotopic (exact) mass is 275 g/mol. The summed E-state index contributed by atoms with van der Waals surface area (Å²) in [5.74, 6) is -1.02. The van der Waals surface area contributed by atoms with Crippen LogP contribution in [0.4, 0.5) is 5.69 Å². The molecular weight excluding hydrogens is 266 g/mol. The van der Waals surface area contributed by atoms with Gasteiger partial charge in [-0.05, 0) is 30.3 Å². The molecule has 19 heavy (non-hydrogen) atoms. The molecule has 0 aliphatic heterocycles. The number of para-hydroxylation sites is 1. The molecule has 0 radical (unpaired) electrons. The van der Waals surface area contributed by atoms with Crippen LogP contribution < -0.4 is 0 Å². The van der Waals surface area contributed by atoms with Crippen molar-refractivity contribution in [3.05, 3.63) is 58.6 Å². The van der Waals surface area contributed by atoms with Crippen molar-refractivity contribution in [3.63, 3.8) is 0 Å². The molecule has 0 aliphatic rings. The van der Waals surface area contributed by atoms with Gasteiger partial charge in [0.2, 0.25) is 0 Å². The van der Waals surface area contributed by atoms with Crippen LogP contribution in [0.5, 0.6) is 5.75 Å². The van der Waals surface area contributed by atoms with Crippen molar-refractivity contribution < 1.29 is 15.0 Å². The van der Waals surface area contributed by atoms with Crippen LogP contribution in [-0.4, -0.2) is 22.4 Å². The number of hydrogen-bond acceptors (Lipinski definition) is 3. The maximum Gasteiger partial charge on any atom is 0.337 e. The van der Waals surface area contributed by atoms with Crippen LogP contribution in [0, 0.1) is 0 Å². The van der Waals surface area contributed by atoms with E-state index in [2.05, 4.69) is 4.99 Å². The maximum atomic E-state index is 11.1. The summed E-state index contributed by atoms with van der Waals surface area (Å²) in [7, 11) is 0. The Morgan fingerprint density at radius 2 is 1.95 bits per heavy atom. The lowest BCUT2D eigenvalue weighted by Gasteiger charge is -2.02. The topological polar surface area (TPSA) is 69.9 Å². The van der Waals surface area contributed by atoms with Gasteiger partial charge in [0.25, 0.3) is 0 Å². The second kappa shape index (κ2) is 5.54. The Balaban J connectivity index is 2.39. The minimum Gasteiger partial charge on any atom is -0.507 e. The summed E-state index contributed by atoms with van der Waals surface area (Å²) in [5, 5.41) is 19.0. The van der Waals surface area contributed by atoms with Crippen molar-refractivity contribution in [1.82, 2.24) is 0 Å². The first-order valence-electron chi connectivity index (χ1n) is 5.43. The highest BCUT2D eigenvalue weighted by Gasteiger charge is 2.09. The van der Waals surface area contributed by atoms with Gasteiger partial charge in [0.15, 0.2) is 0 Å². The molecule has 0 saturated heterocycles. The number of aromatic carboxylic acids is 1. The number of nitrogens with zero attached hydrogens (tertiary/aromatic N) is 1. The predicted molar refractivity (Wildman–Crippen MR) is 73.8 cm³/mol. The second-order valence-corrected chi connectivity index (χ2v) is 4.22. The Hall–Kier alpha value is -2.33. The number of aliphatic imine (C=N–C) groups is 1. The van der Waals surface area contributed by atoms with Crippen molar-refractivity contribution in [1.29, 1.82) is 0 Å². The standard InChI is InChI=1S/C14H10ClNO3/c15-10-5-6-12(11(7-10)14(18)19)16-8-9-3-1-2-4-13(9)17/h1-8,17H,(H,18,19). The average Bonchev–Trinajstić information content (AvgIpc) is 2.38. The van der Waals surface area contributed by atoms with Crippen LogP contribution in [0.3, 0.4) is 0 Å². The van der Waals surface area contributed by atoms with Gasteiger partial charge < -0.3 is 10.2 Å². The first kappa shape index (κ1) is 13.1. The Morgan fingerprint density at radius 3 is 2.63 bits per heavy atom. The van der Waals surface area contributed by atoms with Crippen molar-refractivity contribution in [2.75, 3.05) is 0 Å². The lowest BCUT2D eigenvalue weighted by molar-refractivity contribution is 0.0698. The second-order valence-electron chi connectivity index (χ2n) is 3.78. The zero-order chi connectivity index (χ0) is 13.8. The lowest BCUT2D eigenvalue weighted by Crippen LogP contribution is -1.96. The minimum atomic E-state index is -1.10. The molecule has 2 aromatic rings. The average molecular weight is 276 g/mol. The van der Waals surface area contributed by atoms with Crippen LogP contribution in [0.25, 0.3) is 0 Å². The molecule has 96 valence electrons. The molecule has 0 aromatic heterocycles. The summed E-state index contributed by atoms with van der Waals surface area (Å²) in [6.45, 7) is 0. The summed E-state index contributed by atoms with van der Waals surface area (Å²) in [6.07, 6.45) is 1.41. The Kier molecular flexibility index (Phi) is 3.82. The molecule has 0 atom stereocenters. The van der Waals surface area contributed by atoms with Crippen molar-refractivity contribution >= 4 is 29.5 Å². The molecule has 0 spiro atoms. The number of rotatable bonds is 3. The summed E-state index contributed by atoms with van der Waals surface area (Å²) in [6, 6.07) is 11.1. The third-order valence-electron chi connectivity index (χ3n) is 2.47. The molecule has 0 heterocycles. The van der Waals surface area contributed by atoms with Crippen LogP contribution in [0.15, 0.2) is 47.5 Å². The Morgan fingerprint density at radius 1 is 1.21 bits per heavy atom. The number of halogens is 1. The maximum absolute atomic E-state index is 11.1. The lowest BCUT2D eigenvalue weighted by atomic mass is 10.2. The minimum absolute atomic E-state index is 0.0131. The first-order chi connectivity index (χ1) is 9.08. The Bertz CT molecular complexity index is 653. The number of hydrogen-bond donors (Lipinski definition) is 2. The van der Waals surface area contributed by atoms with E-state index in [-0.39, 0.29) is 17.0 Å². The number of carboxylic acid groups (broad SMARTS) is 1. The molecule has 0 aliphatic carbocycles.